The molecule has 182 valence electrons. The number of aliphatic hydroxyl groups is 1. The summed E-state index contributed by atoms with van der Waals surface area (Å²) < 4.78 is 16.4. The van der Waals surface area contributed by atoms with Crippen molar-refractivity contribution in [3.8, 4) is 17.2 Å². The molecular formula is C25H25N3O6S. The number of hydrogen-bond donors (Lipinski definition) is 1. The molecule has 10 heteroatoms. The Morgan fingerprint density at radius 1 is 1.14 bits per heavy atom. The predicted molar refractivity (Wildman–Crippen MR) is 129 cm³/mol. The van der Waals surface area contributed by atoms with Crippen molar-refractivity contribution in [2.45, 2.75) is 26.4 Å². The van der Waals surface area contributed by atoms with Gasteiger partial charge in [0.15, 0.2) is 17.3 Å². The van der Waals surface area contributed by atoms with Gasteiger partial charge >= 0.3 is 0 Å². The molecule has 9 nitrogen and oxygen atoms in total. The number of ether oxygens (including phenoxy) is 3. The number of aryl methyl sites for hydroxylation is 2. The zero-order chi connectivity index (χ0) is 25.3. The van der Waals surface area contributed by atoms with Crippen LogP contribution in [0.1, 0.15) is 37.5 Å². The lowest BCUT2D eigenvalue weighted by Crippen LogP contribution is -2.30. The third-order valence-corrected chi connectivity index (χ3v) is 6.81. The van der Waals surface area contributed by atoms with E-state index in [0.29, 0.717) is 38.4 Å². The van der Waals surface area contributed by atoms with Gasteiger partial charge in [-0.15, -0.1) is 11.3 Å². The third-order valence-electron chi connectivity index (χ3n) is 5.74. The maximum Gasteiger partial charge on any atom is 0.290 e. The number of ketones is 1. The minimum atomic E-state index is -0.911. The van der Waals surface area contributed by atoms with Crippen molar-refractivity contribution in [2.24, 2.45) is 0 Å². The molecule has 1 aliphatic heterocycles. The number of benzene rings is 1. The molecule has 2 aromatic heterocycles. The highest BCUT2D eigenvalue weighted by molar-refractivity contribution is 7.14. The highest BCUT2D eigenvalue weighted by Crippen LogP contribution is 2.46. The molecule has 3 aromatic rings. The van der Waals surface area contributed by atoms with E-state index in [2.05, 4.69) is 9.97 Å². The van der Waals surface area contributed by atoms with Crippen LogP contribution in [0.3, 0.4) is 0 Å². The van der Waals surface area contributed by atoms with Gasteiger partial charge in [0.05, 0.1) is 48.5 Å². The summed E-state index contributed by atoms with van der Waals surface area (Å²) in [6, 6.07) is 6.01. The molecule has 35 heavy (non-hydrogen) atoms. The van der Waals surface area contributed by atoms with E-state index in [9.17, 15) is 14.7 Å². The molecule has 0 unspecified atom stereocenters. The molecule has 0 saturated heterocycles. The predicted octanol–water partition coefficient (Wildman–Crippen LogP) is 3.96. The fraction of sp³-hybridized carbons (Fsp3) is 0.280. The zero-order valence-electron chi connectivity index (χ0n) is 20.0. The summed E-state index contributed by atoms with van der Waals surface area (Å²) in [5, 5.41) is 11.7. The number of amides is 1. The molecule has 0 bridgehead atoms. The van der Waals surface area contributed by atoms with Gasteiger partial charge in [-0.25, -0.2) is 4.98 Å². The first kappa shape index (κ1) is 24.2. The van der Waals surface area contributed by atoms with Crippen LogP contribution in [-0.2, 0) is 11.3 Å². The van der Waals surface area contributed by atoms with E-state index in [1.54, 1.807) is 44.4 Å². The van der Waals surface area contributed by atoms with E-state index < -0.39 is 23.5 Å². The monoisotopic (exact) mass is 495 g/mol. The van der Waals surface area contributed by atoms with Gasteiger partial charge in [-0.05, 0) is 43.2 Å². The minimum Gasteiger partial charge on any atom is -0.503 e. The van der Waals surface area contributed by atoms with Gasteiger partial charge in [-0.2, -0.15) is 0 Å². The summed E-state index contributed by atoms with van der Waals surface area (Å²) >= 11 is 1.22. The number of carbonyl (C=O) groups excluding carboxylic acids is 2. The van der Waals surface area contributed by atoms with Gasteiger partial charge in [0.2, 0.25) is 11.5 Å². The molecule has 0 saturated carbocycles. The third kappa shape index (κ3) is 4.32. The maximum absolute atomic E-state index is 13.7. The Balaban J connectivity index is 1.90. The standard InChI is InChI=1S/C25H25N3O6S/c1-13-24(35-14(2)27-13)21(29)19-20(16-9-17(32-3)23(34-5)18(10-16)33-4)28(25(31)22(19)30)12-15-7-6-8-26-11-15/h6-11,20,30H,12H2,1-5H3/t20-/m1/s1. The first-order valence-corrected chi connectivity index (χ1v) is 11.5. The van der Waals surface area contributed by atoms with E-state index in [4.69, 9.17) is 14.2 Å². The molecule has 1 amide bonds. The number of carbonyl (C=O) groups is 2. The number of thiazole rings is 1. The summed E-state index contributed by atoms with van der Waals surface area (Å²) in [5.74, 6) is -0.613. The Morgan fingerprint density at radius 2 is 1.83 bits per heavy atom. The van der Waals surface area contributed by atoms with E-state index in [1.807, 2.05) is 6.07 Å². The minimum absolute atomic E-state index is 0.0279. The number of methoxy groups -OCH3 is 3. The van der Waals surface area contributed by atoms with Gasteiger partial charge in [0.25, 0.3) is 5.91 Å². The lowest BCUT2D eigenvalue weighted by molar-refractivity contribution is -0.130. The Bertz CT molecular complexity index is 1290. The Morgan fingerprint density at radius 3 is 2.34 bits per heavy atom. The number of nitrogens with zero attached hydrogens (tertiary/aromatic N) is 3. The zero-order valence-corrected chi connectivity index (χ0v) is 20.8. The lowest BCUT2D eigenvalue weighted by atomic mass is 9.94. The highest BCUT2D eigenvalue weighted by Gasteiger charge is 2.45. The summed E-state index contributed by atoms with van der Waals surface area (Å²) in [6.07, 6.45) is 3.26. The molecule has 1 aliphatic rings. The topological polar surface area (TPSA) is 111 Å². The van der Waals surface area contributed by atoms with Crippen LogP contribution in [0.5, 0.6) is 17.2 Å². The lowest BCUT2D eigenvalue weighted by Gasteiger charge is -2.28. The number of aromatic nitrogens is 2. The van der Waals surface area contributed by atoms with Crippen molar-refractivity contribution in [1.82, 2.24) is 14.9 Å². The Kier molecular flexibility index (Phi) is 6.74. The summed E-state index contributed by atoms with van der Waals surface area (Å²) in [5.41, 5.74) is 1.77. The fourth-order valence-electron chi connectivity index (χ4n) is 4.21. The fourth-order valence-corrected chi connectivity index (χ4v) is 5.08. The largest absolute Gasteiger partial charge is 0.503 e. The second kappa shape index (κ2) is 9.75. The molecule has 3 heterocycles. The highest BCUT2D eigenvalue weighted by atomic mass is 32.1. The average Bonchev–Trinajstić information content (AvgIpc) is 3.33. The van der Waals surface area contributed by atoms with Crippen molar-refractivity contribution in [3.05, 3.63) is 74.7 Å². The average molecular weight is 496 g/mol. The number of rotatable bonds is 8. The number of aliphatic hydroxyl groups excluding tert-OH is 1. The smallest absolute Gasteiger partial charge is 0.290 e. The molecule has 0 spiro atoms. The molecule has 0 aliphatic carbocycles. The van der Waals surface area contributed by atoms with Crippen LogP contribution in [0.25, 0.3) is 0 Å². The first-order valence-electron chi connectivity index (χ1n) is 10.7. The van der Waals surface area contributed by atoms with Crippen molar-refractivity contribution >= 4 is 23.0 Å². The van der Waals surface area contributed by atoms with Crippen LogP contribution in [-0.4, -0.2) is 53.0 Å². The van der Waals surface area contributed by atoms with Crippen molar-refractivity contribution in [3.63, 3.8) is 0 Å². The van der Waals surface area contributed by atoms with Crippen molar-refractivity contribution < 1.29 is 28.9 Å². The molecule has 1 aromatic carbocycles. The number of hydrogen-bond acceptors (Lipinski definition) is 9. The molecule has 4 rings (SSSR count). The van der Waals surface area contributed by atoms with Crippen LogP contribution in [0.15, 0.2) is 48.0 Å². The summed E-state index contributed by atoms with van der Waals surface area (Å²) in [7, 11) is 4.46. The van der Waals surface area contributed by atoms with E-state index in [-0.39, 0.29) is 12.1 Å². The summed E-state index contributed by atoms with van der Waals surface area (Å²) in [4.78, 5) is 37.3. The van der Waals surface area contributed by atoms with E-state index >= 15 is 0 Å². The molecular weight excluding hydrogens is 470 g/mol. The number of pyridine rings is 1. The first-order chi connectivity index (χ1) is 16.8. The van der Waals surface area contributed by atoms with E-state index in [1.165, 1.54) is 37.6 Å². The maximum atomic E-state index is 13.7. The molecule has 1 atom stereocenters. The normalized spacial score (nSPS) is 15.5. The van der Waals surface area contributed by atoms with E-state index in [0.717, 1.165) is 5.56 Å². The van der Waals surface area contributed by atoms with Gasteiger partial charge in [0.1, 0.15) is 0 Å². The van der Waals surface area contributed by atoms with Crippen molar-refractivity contribution in [1.29, 1.82) is 0 Å². The van der Waals surface area contributed by atoms with Crippen LogP contribution in [0.2, 0.25) is 0 Å². The van der Waals surface area contributed by atoms with Gasteiger partial charge in [0, 0.05) is 18.9 Å². The second-order valence-electron chi connectivity index (χ2n) is 7.89. The molecule has 0 fully saturated rings. The van der Waals surface area contributed by atoms with Gasteiger partial charge in [-0.1, -0.05) is 6.07 Å². The summed E-state index contributed by atoms with van der Waals surface area (Å²) in [6.45, 7) is 3.65. The molecule has 1 N–H and O–H groups in total. The quantitative estimate of drug-likeness (QED) is 0.468. The van der Waals surface area contributed by atoms with Crippen LogP contribution in [0.4, 0.5) is 0 Å². The van der Waals surface area contributed by atoms with Crippen LogP contribution < -0.4 is 14.2 Å². The molecule has 0 radical (unpaired) electrons. The Hall–Kier alpha value is -3.92. The van der Waals surface area contributed by atoms with Gasteiger partial charge < -0.3 is 24.2 Å². The van der Waals surface area contributed by atoms with Crippen LogP contribution >= 0.6 is 11.3 Å². The SMILES string of the molecule is COc1cc([C@@H]2C(C(=O)c3sc(C)nc3C)=C(O)C(=O)N2Cc2cccnc2)cc(OC)c1OC. The van der Waals surface area contributed by atoms with Gasteiger partial charge in [-0.3, -0.25) is 14.6 Å². The second-order valence-corrected chi connectivity index (χ2v) is 9.10. The van der Waals surface area contributed by atoms with Crippen molar-refractivity contribution in [2.75, 3.05) is 21.3 Å². The number of Topliss-reactive ketones (excluding diaryl/α,β-unsaturated/α-hetero) is 1. The Labute approximate surface area is 206 Å². The van der Waals surface area contributed by atoms with Crippen LogP contribution in [0, 0.1) is 13.8 Å².